The SMILES string of the molecule is O=C(Cc1ccsc1)Nc1cnc(-c2ccc(F)cc2)nc1. The summed E-state index contributed by atoms with van der Waals surface area (Å²) in [5.41, 5.74) is 2.23. The number of anilines is 1. The molecule has 1 aromatic carbocycles. The van der Waals surface area contributed by atoms with Crippen LogP contribution >= 0.6 is 11.3 Å². The average molecular weight is 313 g/mol. The van der Waals surface area contributed by atoms with E-state index in [4.69, 9.17) is 0 Å². The summed E-state index contributed by atoms with van der Waals surface area (Å²) in [6, 6.07) is 7.85. The number of amides is 1. The van der Waals surface area contributed by atoms with E-state index >= 15 is 0 Å². The van der Waals surface area contributed by atoms with Crippen molar-refractivity contribution in [2.24, 2.45) is 0 Å². The number of rotatable bonds is 4. The molecule has 110 valence electrons. The van der Waals surface area contributed by atoms with E-state index in [1.165, 1.54) is 24.5 Å². The summed E-state index contributed by atoms with van der Waals surface area (Å²) in [5.74, 6) is 0.0634. The minimum Gasteiger partial charge on any atom is -0.323 e. The predicted molar refractivity (Wildman–Crippen MR) is 84.1 cm³/mol. The minimum atomic E-state index is -0.305. The summed E-state index contributed by atoms with van der Waals surface area (Å²) < 4.78 is 12.9. The molecule has 0 atom stereocenters. The second-order valence-electron chi connectivity index (χ2n) is 4.66. The van der Waals surface area contributed by atoms with Crippen molar-refractivity contribution in [3.63, 3.8) is 0 Å². The molecule has 0 saturated carbocycles. The molecule has 0 aliphatic carbocycles. The van der Waals surface area contributed by atoms with Gasteiger partial charge in [-0.1, -0.05) is 0 Å². The summed E-state index contributed by atoms with van der Waals surface area (Å²) >= 11 is 1.56. The molecule has 22 heavy (non-hydrogen) atoms. The molecule has 0 spiro atoms. The third-order valence-corrected chi connectivity index (χ3v) is 3.71. The monoisotopic (exact) mass is 313 g/mol. The van der Waals surface area contributed by atoms with Crippen LogP contribution in [0.1, 0.15) is 5.56 Å². The van der Waals surface area contributed by atoms with Gasteiger partial charge in [0, 0.05) is 5.56 Å². The van der Waals surface area contributed by atoms with Gasteiger partial charge in [0.15, 0.2) is 5.82 Å². The van der Waals surface area contributed by atoms with Crippen LogP contribution in [-0.4, -0.2) is 15.9 Å². The van der Waals surface area contributed by atoms with E-state index in [9.17, 15) is 9.18 Å². The smallest absolute Gasteiger partial charge is 0.228 e. The fourth-order valence-corrected chi connectivity index (χ4v) is 2.59. The highest BCUT2D eigenvalue weighted by molar-refractivity contribution is 7.08. The molecule has 3 rings (SSSR count). The van der Waals surface area contributed by atoms with Crippen LogP contribution in [0.5, 0.6) is 0 Å². The highest BCUT2D eigenvalue weighted by atomic mass is 32.1. The molecular formula is C16H12FN3OS. The highest BCUT2D eigenvalue weighted by Gasteiger charge is 2.06. The summed E-state index contributed by atoms with van der Waals surface area (Å²) in [4.78, 5) is 20.2. The van der Waals surface area contributed by atoms with Crippen molar-refractivity contribution in [3.05, 3.63) is 64.9 Å². The Morgan fingerprint density at radius 1 is 1.14 bits per heavy atom. The second-order valence-corrected chi connectivity index (χ2v) is 5.44. The minimum absolute atomic E-state index is 0.114. The Hall–Kier alpha value is -2.60. The van der Waals surface area contributed by atoms with Gasteiger partial charge in [0.1, 0.15) is 5.82 Å². The largest absolute Gasteiger partial charge is 0.323 e. The molecule has 0 radical (unpaired) electrons. The van der Waals surface area contributed by atoms with E-state index in [0.717, 1.165) is 11.1 Å². The normalized spacial score (nSPS) is 10.4. The first-order chi connectivity index (χ1) is 10.7. The molecule has 3 aromatic rings. The molecular weight excluding hydrogens is 301 g/mol. The maximum Gasteiger partial charge on any atom is 0.228 e. The second kappa shape index (κ2) is 6.44. The van der Waals surface area contributed by atoms with Crippen LogP contribution in [-0.2, 0) is 11.2 Å². The van der Waals surface area contributed by atoms with Crippen molar-refractivity contribution in [2.75, 3.05) is 5.32 Å². The van der Waals surface area contributed by atoms with Gasteiger partial charge in [0.2, 0.25) is 5.91 Å². The molecule has 0 aliphatic rings. The maximum absolute atomic E-state index is 12.9. The highest BCUT2D eigenvalue weighted by Crippen LogP contribution is 2.16. The molecule has 4 nitrogen and oxygen atoms in total. The fourth-order valence-electron chi connectivity index (χ4n) is 1.92. The zero-order valence-electron chi connectivity index (χ0n) is 11.5. The number of hydrogen-bond acceptors (Lipinski definition) is 4. The van der Waals surface area contributed by atoms with Crippen LogP contribution in [0.2, 0.25) is 0 Å². The van der Waals surface area contributed by atoms with Crippen LogP contribution in [0.4, 0.5) is 10.1 Å². The van der Waals surface area contributed by atoms with E-state index in [1.807, 2.05) is 16.8 Å². The standard InChI is InChI=1S/C16H12FN3OS/c17-13-3-1-12(2-4-13)16-18-8-14(9-19-16)20-15(21)7-11-5-6-22-10-11/h1-6,8-10H,7H2,(H,20,21). The number of carbonyl (C=O) groups is 1. The van der Waals surface area contributed by atoms with Crippen LogP contribution in [0.15, 0.2) is 53.5 Å². The van der Waals surface area contributed by atoms with Crippen molar-refractivity contribution in [1.29, 1.82) is 0 Å². The summed E-state index contributed by atoms with van der Waals surface area (Å²) in [7, 11) is 0. The Morgan fingerprint density at radius 3 is 2.50 bits per heavy atom. The van der Waals surface area contributed by atoms with E-state index in [0.29, 0.717) is 17.9 Å². The zero-order valence-corrected chi connectivity index (χ0v) is 12.3. The van der Waals surface area contributed by atoms with Gasteiger partial charge in [-0.25, -0.2) is 14.4 Å². The van der Waals surface area contributed by atoms with Gasteiger partial charge in [-0.2, -0.15) is 11.3 Å². The number of aromatic nitrogens is 2. The Morgan fingerprint density at radius 2 is 1.86 bits per heavy atom. The molecule has 6 heteroatoms. The van der Waals surface area contributed by atoms with Crippen LogP contribution < -0.4 is 5.32 Å². The quantitative estimate of drug-likeness (QED) is 0.801. The van der Waals surface area contributed by atoms with Crippen molar-refractivity contribution in [2.45, 2.75) is 6.42 Å². The predicted octanol–water partition coefficient (Wildman–Crippen LogP) is 3.53. The van der Waals surface area contributed by atoms with Gasteiger partial charge in [-0.05, 0) is 46.7 Å². The number of halogens is 1. The Bertz CT molecular complexity index is 755. The Kier molecular flexibility index (Phi) is 4.20. The van der Waals surface area contributed by atoms with Gasteiger partial charge in [0.05, 0.1) is 24.5 Å². The van der Waals surface area contributed by atoms with Gasteiger partial charge >= 0.3 is 0 Å². The summed E-state index contributed by atoms with van der Waals surface area (Å²) in [5, 5.41) is 6.62. The van der Waals surface area contributed by atoms with E-state index in [-0.39, 0.29) is 11.7 Å². The number of benzene rings is 1. The number of thiophene rings is 1. The first kappa shape index (κ1) is 14.3. The average Bonchev–Trinajstić information content (AvgIpc) is 3.02. The lowest BCUT2D eigenvalue weighted by molar-refractivity contribution is -0.115. The topological polar surface area (TPSA) is 54.9 Å². The van der Waals surface area contributed by atoms with Crippen molar-refractivity contribution >= 4 is 22.9 Å². The maximum atomic E-state index is 12.9. The summed E-state index contributed by atoms with van der Waals surface area (Å²) in [6.45, 7) is 0. The molecule has 0 saturated heterocycles. The summed E-state index contributed by atoms with van der Waals surface area (Å²) in [6.07, 6.45) is 3.40. The fraction of sp³-hybridized carbons (Fsp3) is 0.0625. The zero-order chi connectivity index (χ0) is 15.4. The van der Waals surface area contributed by atoms with Crippen LogP contribution in [0.3, 0.4) is 0 Å². The lowest BCUT2D eigenvalue weighted by Crippen LogP contribution is -2.14. The Balaban J connectivity index is 1.66. The number of hydrogen-bond donors (Lipinski definition) is 1. The first-order valence-corrected chi connectivity index (χ1v) is 7.54. The van der Waals surface area contributed by atoms with Crippen molar-refractivity contribution in [1.82, 2.24) is 9.97 Å². The third-order valence-electron chi connectivity index (χ3n) is 2.98. The first-order valence-electron chi connectivity index (χ1n) is 6.59. The molecule has 1 amide bonds. The van der Waals surface area contributed by atoms with E-state index in [1.54, 1.807) is 23.5 Å². The lowest BCUT2D eigenvalue weighted by Gasteiger charge is -2.05. The van der Waals surface area contributed by atoms with Crippen molar-refractivity contribution < 1.29 is 9.18 Å². The molecule has 0 unspecified atom stereocenters. The lowest BCUT2D eigenvalue weighted by atomic mass is 10.2. The number of carbonyl (C=O) groups excluding carboxylic acids is 1. The van der Waals surface area contributed by atoms with Crippen molar-refractivity contribution in [3.8, 4) is 11.4 Å². The van der Waals surface area contributed by atoms with E-state index < -0.39 is 0 Å². The van der Waals surface area contributed by atoms with Gasteiger partial charge in [0.25, 0.3) is 0 Å². The molecule has 2 heterocycles. The van der Waals surface area contributed by atoms with Gasteiger partial charge in [-0.3, -0.25) is 4.79 Å². The molecule has 0 fully saturated rings. The van der Waals surface area contributed by atoms with Crippen LogP contribution in [0, 0.1) is 5.82 Å². The molecule has 0 aliphatic heterocycles. The number of nitrogens with zero attached hydrogens (tertiary/aromatic N) is 2. The molecule has 0 bridgehead atoms. The van der Waals surface area contributed by atoms with Gasteiger partial charge in [-0.15, -0.1) is 0 Å². The third kappa shape index (κ3) is 3.53. The number of nitrogens with one attached hydrogen (secondary N) is 1. The van der Waals surface area contributed by atoms with Crippen LogP contribution in [0.25, 0.3) is 11.4 Å². The molecule has 1 N–H and O–H groups in total. The Labute approximate surface area is 130 Å². The van der Waals surface area contributed by atoms with E-state index in [2.05, 4.69) is 15.3 Å². The molecule has 2 aromatic heterocycles. The van der Waals surface area contributed by atoms with Gasteiger partial charge < -0.3 is 5.32 Å².